The number of halogens is 3. The molecule has 0 unspecified atom stereocenters. The van der Waals surface area contributed by atoms with Gasteiger partial charge in [-0.05, 0) is 56.3 Å². The van der Waals surface area contributed by atoms with Crippen molar-refractivity contribution in [1.82, 2.24) is 20.0 Å². The van der Waals surface area contributed by atoms with E-state index in [1.54, 1.807) is 4.90 Å². The number of benzene rings is 2. The highest BCUT2D eigenvalue weighted by Gasteiger charge is 2.29. The van der Waals surface area contributed by atoms with Crippen LogP contribution in [0.3, 0.4) is 0 Å². The summed E-state index contributed by atoms with van der Waals surface area (Å²) in [4.78, 5) is 16.9. The lowest BCUT2D eigenvalue weighted by atomic mass is 10.1. The van der Waals surface area contributed by atoms with Crippen LogP contribution in [0.15, 0.2) is 30.3 Å². The number of rotatable bonds is 8. The summed E-state index contributed by atoms with van der Waals surface area (Å²) in [5.41, 5.74) is 2.58. The summed E-state index contributed by atoms with van der Waals surface area (Å²) in [6, 6.07) is 8.46. The monoisotopic (exact) mass is 476 g/mol. The van der Waals surface area contributed by atoms with Gasteiger partial charge in [0.25, 0.3) is 5.91 Å². The largest absolute Gasteiger partial charge is 0.507 e. The average Bonchev–Trinajstić information content (AvgIpc) is 3.36. The first-order chi connectivity index (χ1) is 16.1. The number of ether oxygens (including phenoxy) is 1. The maximum atomic E-state index is 13.2. The van der Waals surface area contributed by atoms with Crippen LogP contribution >= 0.6 is 0 Å². The number of aromatic hydroxyl groups is 1. The molecule has 2 heterocycles. The minimum Gasteiger partial charge on any atom is -0.507 e. The number of alkyl halides is 3. The number of hydrogen-bond donors (Lipinski definition) is 2. The highest BCUT2D eigenvalue weighted by molar-refractivity contribution is 6.01. The number of amides is 1. The molecule has 1 aliphatic heterocycles. The number of nitrogens with zero attached hydrogens (tertiary/aromatic N) is 3. The number of carbonyl (C=O) groups is 1. The number of aromatic nitrogens is 2. The summed E-state index contributed by atoms with van der Waals surface area (Å²) in [6.07, 6.45) is -4.70. The van der Waals surface area contributed by atoms with Crippen molar-refractivity contribution in [3.05, 3.63) is 52.7 Å². The number of nitrogens with one attached hydrogen (secondary N) is 1. The van der Waals surface area contributed by atoms with Crippen LogP contribution in [0.4, 0.5) is 13.2 Å². The predicted octanol–water partition coefficient (Wildman–Crippen LogP) is 4.25. The zero-order chi connectivity index (χ0) is 24.5. The van der Waals surface area contributed by atoms with Gasteiger partial charge < -0.3 is 19.6 Å². The van der Waals surface area contributed by atoms with Gasteiger partial charge in [-0.2, -0.15) is 18.3 Å². The number of hydrogen-bond acceptors (Lipinski definition) is 5. The van der Waals surface area contributed by atoms with E-state index >= 15 is 0 Å². The number of aromatic amines is 1. The molecule has 0 aliphatic carbocycles. The Morgan fingerprint density at radius 1 is 1.21 bits per heavy atom. The van der Waals surface area contributed by atoms with Gasteiger partial charge >= 0.3 is 6.18 Å². The van der Waals surface area contributed by atoms with Gasteiger partial charge in [-0.3, -0.25) is 9.89 Å². The first-order valence-electron chi connectivity index (χ1n) is 11.1. The quantitative estimate of drug-likeness (QED) is 0.475. The lowest BCUT2D eigenvalue weighted by molar-refractivity contribution is -0.134. The summed E-state index contributed by atoms with van der Waals surface area (Å²) in [5, 5.41) is 17.4. The van der Waals surface area contributed by atoms with Gasteiger partial charge in [0.15, 0.2) is 0 Å². The molecule has 0 spiro atoms. The topological polar surface area (TPSA) is 81.7 Å². The second kappa shape index (κ2) is 9.54. The van der Waals surface area contributed by atoms with Crippen molar-refractivity contribution in [2.24, 2.45) is 0 Å². The molecule has 3 aromatic rings. The van der Waals surface area contributed by atoms with Crippen LogP contribution in [-0.4, -0.2) is 64.4 Å². The molecule has 1 aliphatic rings. The van der Waals surface area contributed by atoms with Gasteiger partial charge in [0.2, 0.25) is 0 Å². The van der Waals surface area contributed by atoms with Gasteiger partial charge in [0, 0.05) is 43.2 Å². The van der Waals surface area contributed by atoms with Crippen molar-refractivity contribution in [3.63, 3.8) is 0 Å². The van der Waals surface area contributed by atoms with Gasteiger partial charge in [-0.1, -0.05) is 6.07 Å². The van der Waals surface area contributed by atoms with E-state index in [9.17, 15) is 23.1 Å². The van der Waals surface area contributed by atoms with Crippen LogP contribution in [0.1, 0.15) is 40.0 Å². The highest BCUT2D eigenvalue weighted by Crippen LogP contribution is 2.32. The molecule has 10 heteroatoms. The van der Waals surface area contributed by atoms with E-state index in [2.05, 4.69) is 15.1 Å². The Morgan fingerprint density at radius 3 is 2.71 bits per heavy atom. The fourth-order valence-corrected chi connectivity index (χ4v) is 4.07. The fourth-order valence-electron chi connectivity index (χ4n) is 4.07. The first-order valence-corrected chi connectivity index (χ1v) is 11.1. The predicted molar refractivity (Wildman–Crippen MR) is 121 cm³/mol. The van der Waals surface area contributed by atoms with Crippen molar-refractivity contribution in [2.45, 2.75) is 38.5 Å². The normalized spacial score (nSPS) is 13.6. The molecular weight excluding hydrogens is 449 g/mol. The maximum Gasteiger partial charge on any atom is 0.389 e. The molecule has 182 valence electrons. The van der Waals surface area contributed by atoms with Crippen molar-refractivity contribution < 1.29 is 27.8 Å². The number of aryl methyl sites for hydroxylation is 1. The summed E-state index contributed by atoms with van der Waals surface area (Å²) < 4.78 is 43.8. The van der Waals surface area contributed by atoms with Gasteiger partial charge in [-0.25, -0.2) is 0 Å². The number of fused-ring (bicyclic) bond motifs is 2. The highest BCUT2D eigenvalue weighted by atomic mass is 19.4. The molecule has 0 saturated heterocycles. The summed E-state index contributed by atoms with van der Waals surface area (Å²) >= 11 is 0. The van der Waals surface area contributed by atoms with Gasteiger partial charge in [0.05, 0.1) is 17.7 Å². The van der Waals surface area contributed by atoms with Crippen molar-refractivity contribution in [1.29, 1.82) is 0 Å². The average molecular weight is 476 g/mol. The third-order valence-corrected chi connectivity index (χ3v) is 5.85. The van der Waals surface area contributed by atoms with Crippen LogP contribution in [0, 0.1) is 0 Å². The van der Waals surface area contributed by atoms with Crippen molar-refractivity contribution in [3.8, 4) is 11.5 Å². The summed E-state index contributed by atoms with van der Waals surface area (Å²) in [7, 11) is 4.01. The molecule has 0 radical (unpaired) electrons. The molecule has 1 amide bonds. The lowest BCUT2D eigenvalue weighted by Crippen LogP contribution is -2.25. The third-order valence-electron chi connectivity index (χ3n) is 5.85. The lowest BCUT2D eigenvalue weighted by Gasteiger charge is -2.16. The Labute approximate surface area is 195 Å². The van der Waals surface area contributed by atoms with E-state index in [1.807, 2.05) is 32.3 Å². The number of carbonyl (C=O) groups excluding carboxylic acids is 1. The molecule has 7 nitrogen and oxygen atoms in total. The SMILES string of the molecule is CN(C)CCCOc1ccc2c(c1)CN(C(=O)c1cc3c(CCC(F)(F)F)[nH]nc3cc1O)C2. The van der Waals surface area contributed by atoms with Crippen LogP contribution in [0.2, 0.25) is 0 Å². The molecule has 2 aromatic carbocycles. The minimum atomic E-state index is -4.30. The molecule has 0 bridgehead atoms. The summed E-state index contributed by atoms with van der Waals surface area (Å²) in [5.74, 6) is 0.0861. The van der Waals surface area contributed by atoms with E-state index < -0.39 is 18.5 Å². The zero-order valence-electron chi connectivity index (χ0n) is 19.1. The Bertz CT molecular complexity index is 1190. The molecule has 34 heavy (non-hydrogen) atoms. The van der Waals surface area contributed by atoms with Crippen LogP contribution < -0.4 is 4.74 Å². The van der Waals surface area contributed by atoms with Crippen LogP contribution in [-0.2, 0) is 19.5 Å². The number of H-pyrrole nitrogens is 1. The van der Waals surface area contributed by atoms with Crippen molar-refractivity contribution >= 4 is 16.8 Å². The van der Waals surface area contributed by atoms with Crippen LogP contribution in [0.5, 0.6) is 11.5 Å². The molecular formula is C24H27F3N4O3. The molecule has 0 saturated carbocycles. The Balaban J connectivity index is 1.47. The molecule has 0 atom stereocenters. The molecule has 0 fully saturated rings. The van der Waals surface area contributed by atoms with E-state index in [0.717, 1.165) is 29.8 Å². The van der Waals surface area contributed by atoms with E-state index in [0.29, 0.717) is 30.6 Å². The standard InChI is InChI=1S/C24H27F3N4O3/c1-30(2)8-3-9-34-17-5-4-15-13-31(14-16(15)10-17)23(33)19-11-18-20(6-7-24(25,26)27)28-29-21(18)12-22(19)32/h4-5,10-12,32H,3,6-9,13-14H2,1-2H3,(H,28,29). The smallest absolute Gasteiger partial charge is 0.389 e. The first kappa shape index (κ1) is 23.9. The fraction of sp³-hybridized carbons (Fsp3) is 0.417. The van der Waals surface area contributed by atoms with E-state index in [1.165, 1.54) is 12.1 Å². The van der Waals surface area contributed by atoms with E-state index in [-0.39, 0.29) is 23.4 Å². The van der Waals surface area contributed by atoms with Gasteiger partial charge in [0.1, 0.15) is 11.5 Å². The second-order valence-electron chi connectivity index (χ2n) is 8.80. The maximum absolute atomic E-state index is 13.2. The molecule has 4 rings (SSSR count). The summed E-state index contributed by atoms with van der Waals surface area (Å²) in [6.45, 7) is 2.25. The van der Waals surface area contributed by atoms with Crippen molar-refractivity contribution in [2.75, 3.05) is 27.2 Å². The molecule has 1 aromatic heterocycles. The van der Waals surface area contributed by atoms with Gasteiger partial charge in [-0.15, -0.1) is 0 Å². The van der Waals surface area contributed by atoms with E-state index in [4.69, 9.17) is 4.74 Å². The second-order valence-corrected chi connectivity index (χ2v) is 8.80. The zero-order valence-corrected chi connectivity index (χ0v) is 19.1. The molecule has 2 N–H and O–H groups in total. The Morgan fingerprint density at radius 2 is 1.97 bits per heavy atom. The third kappa shape index (κ3) is 5.44. The number of phenols is 1. The minimum absolute atomic E-state index is 0.0372. The van der Waals surface area contributed by atoms with Crippen LogP contribution in [0.25, 0.3) is 10.9 Å². The number of phenolic OH excluding ortho intramolecular Hbond substituents is 1. The Kier molecular flexibility index (Phi) is 6.70. The Hall–Kier alpha value is -3.27.